The maximum Gasteiger partial charge on any atom is 0.226 e. The summed E-state index contributed by atoms with van der Waals surface area (Å²) in [6.07, 6.45) is 0.613. The number of carbonyl (C=O) groups is 1. The second kappa shape index (κ2) is 6.01. The lowest BCUT2D eigenvalue weighted by Crippen LogP contribution is -2.39. The van der Waals surface area contributed by atoms with Crippen LogP contribution in [0.2, 0.25) is 0 Å². The van der Waals surface area contributed by atoms with Gasteiger partial charge in [0.15, 0.2) is 0 Å². The van der Waals surface area contributed by atoms with Crippen LogP contribution in [0, 0.1) is 11.2 Å². The van der Waals surface area contributed by atoms with Crippen molar-refractivity contribution >= 4 is 17.5 Å². The number of benzene rings is 1. The summed E-state index contributed by atoms with van der Waals surface area (Å²) in [5.74, 6) is -0.0578. The number of nitrogens with one attached hydrogen (secondary N) is 1. The molecule has 0 radical (unpaired) electrons. The first-order valence-corrected chi connectivity index (χ1v) is 6.08. The Bertz CT molecular complexity index is 393. The summed E-state index contributed by atoms with van der Waals surface area (Å²) in [7, 11) is 0. The molecule has 1 rings (SSSR count). The van der Waals surface area contributed by atoms with Gasteiger partial charge in [-0.2, -0.15) is 0 Å². The monoisotopic (exact) mass is 257 g/mol. The van der Waals surface area contributed by atoms with Gasteiger partial charge in [-0.15, -0.1) is 11.6 Å². The lowest BCUT2D eigenvalue weighted by atomic mass is 9.95. The minimum absolute atomic E-state index is 0.0797. The molecule has 1 aromatic rings. The SMILES string of the molecule is CC(C)(CCl)C(=O)NCCc1cccc(F)c1. The van der Waals surface area contributed by atoms with E-state index in [1.54, 1.807) is 19.9 Å². The Hall–Kier alpha value is -1.09. The van der Waals surface area contributed by atoms with Gasteiger partial charge in [-0.05, 0) is 38.0 Å². The van der Waals surface area contributed by atoms with Crippen LogP contribution in [0.1, 0.15) is 19.4 Å². The highest BCUT2D eigenvalue weighted by Crippen LogP contribution is 2.16. The molecule has 1 N–H and O–H groups in total. The van der Waals surface area contributed by atoms with Gasteiger partial charge in [0.2, 0.25) is 5.91 Å². The number of halogens is 2. The molecule has 1 amide bonds. The molecule has 0 atom stereocenters. The summed E-state index contributed by atoms with van der Waals surface area (Å²) in [4.78, 5) is 11.7. The van der Waals surface area contributed by atoms with Crippen molar-refractivity contribution in [1.29, 1.82) is 0 Å². The van der Waals surface area contributed by atoms with E-state index in [1.165, 1.54) is 12.1 Å². The van der Waals surface area contributed by atoms with Crippen molar-refractivity contribution < 1.29 is 9.18 Å². The zero-order valence-electron chi connectivity index (χ0n) is 10.1. The van der Waals surface area contributed by atoms with Crippen LogP contribution >= 0.6 is 11.6 Å². The maximum absolute atomic E-state index is 12.9. The first kappa shape index (κ1) is 14.0. The highest BCUT2D eigenvalue weighted by Gasteiger charge is 2.25. The van der Waals surface area contributed by atoms with Crippen LogP contribution in [-0.2, 0) is 11.2 Å². The van der Waals surface area contributed by atoms with E-state index in [-0.39, 0.29) is 17.6 Å². The Labute approximate surface area is 106 Å². The second-order valence-corrected chi connectivity index (χ2v) is 4.92. The third kappa shape index (κ3) is 4.35. The molecule has 0 aliphatic heterocycles. The van der Waals surface area contributed by atoms with E-state index in [2.05, 4.69) is 5.32 Å². The van der Waals surface area contributed by atoms with Crippen molar-refractivity contribution in [2.45, 2.75) is 20.3 Å². The molecule has 94 valence electrons. The number of hydrogen-bond donors (Lipinski definition) is 1. The van der Waals surface area contributed by atoms with Crippen LogP contribution in [0.5, 0.6) is 0 Å². The molecule has 0 aliphatic carbocycles. The highest BCUT2D eigenvalue weighted by atomic mass is 35.5. The van der Waals surface area contributed by atoms with Gasteiger partial charge in [-0.3, -0.25) is 4.79 Å². The van der Waals surface area contributed by atoms with Gasteiger partial charge in [-0.25, -0.2) is 4.39 Å². The lowest BCUT2D eigenvalue weighted by molar-refractivity contribution is -0.128. The third-order valence-corrected chi connectivity index (χ3v) is 3.21. The second-order valence-electron chi connectivity index (χ2n) is 4.65. The molecule has 0 heterocycles. The molecular weight excluding hydrogens is 241 g/mol. The fourth-order valence-corrected chi connectivity index (χ4v) is 1.43. The van der Waals surface area contributed by atoms with Crippen LogP contribution < -0.4 is 5.32 Å². The fraction of sp³-hybridized carbons (Fsp3) is 0.462. The Balaban J connectivity index is 2.41. The van der Waals surface area contributed by atoms with Crippen molar-refractivity contribution in [1.82, 2.24) is 5.32 Å². The van der Waals surface area contributed by atoms with Crippen LogP contribution in [0.3, 0.4) is 0 Å². The van der Waals surface area contributed by atoms with Crippen LogP contribution in [-0.4, -0.2) is 18.3 Å². The molecule has 0 fully saturated rings. The van der Waals surface area contributed by atoms with E-state index in [4.69, 9.17) is 11.6 Å². The summed E-state index contributed by atoms with van der Waals surface area (Å²) in [5, 5.41) is 2.80. The fourth-order valence-electron chi connectivity index (χ4n) is 1.31. The Kier molecular flexibility index (Phi) is 4.94. The number of hydrogen-bond acceptors (Lipinski definition) is 1. The summed E-state index contributed by atoms with van der Waals surface area (Å²) in [5.41, 5.74) is 0.303. The van der Waals surface area contributed by atoms with Gasteiger partial charge in [-0.1, -0.05) is 12.1 Å². The minimum atomic E-state index is -0.566. The molecule has 17 heavy (non-hydrogen) atoms. The van der Waals surface area contributed by atoms with Gasteiger partial charge in [0.05, 0.1) is 5.41 Å². The molecule has 0 aliphatic rings. The molecule has 0 aromatic heterocycles. The standard InChI is InChI=1S/C13H17ClFNO/c1-13(2,9-14)12(17)16-7-6-10-4-3-5-11(15)8-10/h3-5,8H,6-7,9H2,1-2H3,(H,16,17). The quantitative estimate of drug-likeness (QED) is 0.808. The number of rotatable bonds is 5. The molecule has 0 saturated carbocycles. The van der Waals surface area contributed by atoms with E-state index < -0.39 is 5.41 Å². The number of carbonyl (C=O) groups excluding carboxylic acids is 1. The van der Waals surface area contributed by atoms with Gasteiger partial charge < -0.3 is 5.32 Å². The van der Waals surface area contributed by atoms with E-state index in [1.807, 2.05) is 6.07 Å². The third-order valence-electron chi connectivity index (χ3n) is 2.54. The normalized spacial score (nSPS) is 11.3. The van der Waals surface area contributed by atoms with Gasteiger partial charge in [0.25, 0.3) is 0 Å². The number of alkyl halides is 1. The van der Waals surface area contributed by atoms with E-state index >= 15 is 0 Å². The average molecular weight is 258 g/mol. The number of amides is 1. The van der Waals surface area contributed by atoms with E-state index in [0.29, 0.717) is 13.0 Å². The van der Waals surface area contributed by atoms with Crippen molar-refractivity contribution in [2.24, 2.45) is 5.41 Å². The van der Waals surface area contributed by atoms with Crippen molar-refractivity contribution in [2.75, 3.05) is 12.4 Å². The zero-order valence-corrected chi connectivity index (χ0v) is 10.9. The zero-order chi connectivity index (χ0) is 12.9. The van der Waals surface area contributed by atoms with Crippen molar-refractivity contribution in [3.8, 4) is 0 Å². The molecule has 4 heteroatoms. The summed E-state index contributed by atoms with van der Waals surface area (Å²) in [6.45, 7) is 4.07. The van der Waals surface area contributed by atoms with E-state index in [9.17, 15) is 9.18 Å². The first-order chi connectivity index (χ1) is 7.95. The minimum Gasteiger partial charge on any atom is -0.355 e. The topological polar surface area (TPSA) is 29.1 Å². The molecule has 0 spiro atoms. The molecule has 0 bridgehead atoms. The highest BCUT2D eigenvalue weighted by molar-refractivity contribution is 6.19. The maximum atomic E-state index is 12.9. The average Bonchev–Trinajstić information content (AvgIpc) is 2.29. The summed E-state index contributed by atoms with van der Waals surface area (Å²) in [6, 6.07) is 6.37. The lowest BCUT2D eigenvalue weighted by Gasteiger charge is -2.20. The molecular formula is C13H17ClFNO. The molecule has 0 saturated heterocycles. The van der Waals surface area contributed by atoms with E-state index in [0.717, 1.165) is 5.56 Å². The molecule has 1 aromatic carbocycles. The Morgan fingerprint density at radius 3 is 2.76 bits per heavy atom. The predicted molar refractivity (Wildman–Crippen MR) is 67.6 cm³/mol. The summed E-state index contributed by atoms with van der Waals surface area (Å²) < 4.78 is 12.9. The van der Waals surface area contributed by atoms with Crippen LogP contribution in [0.4, 0.5) is 4.39 Å². The van der Waals surface area contributed by atoms with Crippen LogP contribution in [0.25, 0.3) is 0 Å². The predicted octanol–water partition coefficient (Wildman–Crippen LogP) is 2.75. The first-order valence-electron chi connectivity index (χ1n) is 5.54. The van der Waals surface area contributed by atoms with Crippen LogP contribution in [0.15, 0.2) is 24.3 Å². The van der Waals surface area contributed by atoms with Crippen molar-refractivity contribution in [3.05, 3.63) is 35.6 Å². The molecule has 0 unspecified atom stereocenters. The Morgan fingerprint density at radius 2 is 2.18 bits per heavy atom. The largest absolute Gasteiger partial charge is 0.355 e. The van der Waals surface area contributed by atoms with Gasteiger partial charge >= 0.3 is 0 Å². The molecule has 2 nitrogen and oxygen atoms in total. The van der Waals surface area contributed by atoms with Gasteiger partial charge in [0, 0.05) is 12.4 Å². The van der Waals surface area contributed by atoms with Gasteiger partial charge in [0.1, 0.15) is 5.82 Å². The van der Waals surface area contributed by atoms with Crippen molar-refractivity contribution in [3.63, 3.8) is 0 Å². The smallest absolute Gasteiger partial charge is 0.226 e. The Morgan fingerprint density at radius 1 is 1.47 bits per heavy atom. The summed E-state index contributed by atoms with van der Waals surface area (Å²) >= 11 is 5.69.